The molecule has 90 valence electrons. The van der Waals surface area contributed by atoms with Crippen molar-refractivity contribution in [1.82, 2.24) is 4.90 Å². The maximum Gasteiger partial charge on any atom is 0.317 e. The van der Waals surface area contributed by atoms with Crippen molar-refractivity contribution in [1.29, 1.82) is 0 Å². The Labute approximate surface area is 88.0 Å². The molecule has 0 heterocycles. The lowest BCUT2D eigenvalue weighted by Crippen LogP contribution is -2.18. The molecule has 0 saturated carbocycles. The Bertz CT molecular complexity index is 201. The highest BCUT2D eigenvalue weighted by Crippen LogP contribution is 1.69. The van der Waals surface area contributed by atoms with E-state index >= 15 is 0 Å². The van der Waals surface area contributed by atoms with Crippen LogP contribution in [0.15, 0.2) is 0 Å². The third-order valence-corrected chi connectivity index (χ3v) is 0.804. The van der Waals surface area contributed by atoms with Gasteiger partial charge < -0.3 is 27.2 Å². The van der Waals surface area contributed by atoms with Crippen molar-refractivity contribution in [2.24, 2.45) is 17.2 Å². The molecule has 7 N–H and O–H groups in total. The van der Waals surface area contributed by atoms with Crippen molar-refractivity contribution in [3.05, 3.63) is 0 Å². The number of urea groups is 1. The first kappa shape index (κ1) is 18.9. The second kappa shape index (κ2) is 12.2. The van der Waals surface area contributed by atoms with Crippen molar-refractivity contribution in [3.63, 3.8) is 0 Å². The molecule has 0 aromatic heterocycles. The molecule has 15 heavy (non-hydrogen) atoms. The van der Waals surface area contributed by atoms with Crippen molar-refractivity contribution in [2.75, 3.05) is 20.6 Å². The van der Waals surface area contributed by atoms with Crippen molar-refractivity contribution in [2.45, 2.75) is 6.92 Å². The molecule has 3 amide bonds. The van der Waals surface area contributed by atoms with Gasteiger partial charge in [0.05, 0.1) is 6.54 Å². The summed E-state index contributed by atoms with van der Waals surface area (Å²) in [6, 6.07) is -0.833. The van der Waals surface area contributed by atoms with Gasteiger partial charge in [0.25, 0.3) is 0 Å². The molecule has 0 aliphatic rings. The zero-order valence-corrected chi connectivity index (χ0v) is 9.06. The fourth-order valence-corrected chi connectivity index (χ4v) is 0. The SMILES string of the molecule is CC(=O)N(C)C.NC(N)=O.NCC(=O)O. The second-order valence-electron chi connectivity index (χ2n) is 2.41. The smallest absolute Gasteiger partial charge is 0.317 e. The molecule has 0 bridgehead atoms. The van der Waals surface area contributed by atoms with Crippen molar-refractivity contribution >= 4 is 17.9 Å². The van der Waals surface area contributed by atoms with Gasteiger partial charge in [0.2, 0.25) is 5.91 Å². The monoisotopic (exact) mass is 222 g/mol. The molecular weight excluding hydrogens is 204 g/mol. The van der Waals surface area contributed by atoms with Gasteiger partial charge in [0.15, 0.2) is 0 Å². The van der Waals surface area contributed by atoms with Crippen LogP contribution in [-0.4, -0.2) is 48.6 Å². The predicted octanol–water partition coefficient (Wildman–Crippen LogP) is -1.85. The molecule has 0 rings (SSSR count). The van der Waals surface area contributed by atoms with Crippen LogP contribution in [0, 0.1) is 0 Å². The summed E-state index contributed by atoms with van der Waals surface area (Å²) in [5.41, 5.74) is 13.1. The van der Waals surface area contributed by atoms with Crippen LogP contribution in [0.25, 0.3) is 0 Å². The van der Waals surface area contributed by atoms with Crippen LogP contribution < -0.4 is 17.2 Å². The summed E-state index contributed by atoms with van der Waals surface area (Å²) in [5, 5.41) is 7.60. The van der Waals surface area contributed by atoms with E-state index in [1.165, 1.54) is 11.8 Å². The van der Waals surface area contributed by atoms with E-state index in [4.69, 9.17) is 9.90 Å². The Morgan fingerprint density at radius 2 is 1.33 bits per heavy atom. The highest BCUT2D eigenvalue weighted by atomic mass is 16.4. The largest absolute Gasteiger partial charge is 0.480 e. The number of nitrogens with two attached hydrogens (primary N) is 3. The number of carboxylic acids is 1. The topological polar surface area (TPSA) is 153 Å². The van der Waals surface area contributed by atoms with Gasteiger partial charge in [-0.05, 0) is 0 Å². The summed E-state index contributed by atoms with van der Waals surface area (Å²) in [6.45, 7) is 1.25. The van der Waals surface area contributed by atoms with E-state index in [2.05, 4.69) is 17.2 Å². The van der Waals surface area contributed by atoms with Gasteiger partial charge in [-0.1, -0.05) is 0 Å². The van der Waals surface area contributed by atoms with E-state index in [-0.39, 0.29) is 12.5 Å². The van der Waals surface area contributed by atoms with Gasteiger partial charge >= 0.3 is 12.0 Å². The molecule has 0 aliphatic carbocycles. The van der Waals surface area contributed by atoms with Crippen molar-refractivity contribution < 1.29 is 19.5 Å². The molecule has 0 aromatic rings. The minimum absolute atomic E-state index is 0.0926. The van der Waals surface area contributed by atoms with E-state index in [1.807, 2.05) is 0 Å². The highest BCUT2D eigenvalue weighted by molar-refractivity contribution is 5.72. The van der Waals surface area contributed by atoms with E-state index in [1.54, 1.807) is 14.1 Å². The van der Waals surface area contributed by atoms with Crippen LogP contribution in [0.2, 0.25) is 0 Å². The Morgan fingerprint density at radius 1 is 1.20 bits per heavy atom. The first-order valence-electron chi connectivity index (χ1n) is 3.79. The maximum atomic E-state index is 10.1. The van der Waals surface area contributed by atoms with Crippen LogP contribution >= 0.6 is 0 Å². The summed E-state index contributed by atoms with van der Waals surface area (Å²) < 4.78 is 0. The van der Waals surface area contributed by atoms with Crippen LogP contribution in [-0.2, 0) is 9.59 Å². The molecule has 0 aliphatic heterocycles. The molecule has 0 unspecified atom stereocenters. The standard InChI is InChI=1S/C4H9NO.C2H5NO2.CH4N2O/c1-4(6)5(2)3;3-1-2(4)5;2-1(3)4/h1-3H3;1,3H2,(H,4,5);(H4,2,3,4). The number of carbonyl (C=O) groups is 3. The van der Waals surface area contributed by atoms with Crippen LogP contribution in [0.5, 0.6) is 0 Å². The molecule has 0 aromatic carbocycles. The molecule has 0 atom stereocenters. The van der Waals surface area contributed by atoms with Gasteiger partial charge in [-0.2, -0.15) is 0 Å². The lowest BCUT2D eigenvalue weighted by molar-refractivity contribution is -0.135. The highest BCUT2D eigenvalue weighted by Gasteiger charge is 1.87. The minimum Gasteiger partial charge on any atom is -0.480 e. The molecule has 0 fully saturated rings. The fraction of sp³-hybridized carbons (Fsp3) is 0.571. The number of rotatable bonds is 1. The van der Waals surface area contributed by atoms with Crippen LogP contribution in [0.1, 0.15) is 6.92 Å². The molecular formula is C7H18N4O4. The lowest BCUT2D eigenvalue weighted by Gasteiger charge is -2.02. The van der Waals surface area contributed by atoms with Crippen LogP contribution in [0.4, 0.5) is 4.79 Å². The van der Waals surface area contributed by atoms with Gasteiger partial charge in [-0.25, -0.2) is 4.79 Å². The quantitative estimate of drug-likeness (QED) is 0.410. The third kappa shape index (κ3) is 72.4. The van der Waals surface area contributed by atoms with Gasteiger partial charge in [-0.3, -0.25) is 9.59 Å². The van der Waals surface area contributed by atoms with E-state index in [0.29, 0.717) is 0 Å². The number of hydrogen-bond acceptors (Lipinski definition) is 4. The zero-order chi connectivity index (χ0) is 13.0. The van der Waals surface area contributed by atoms with Gasteiger partial charge in [0, 0.05) is 21.0 Å². The van der Waals surface area contributed by atoms with E-state index in [0.717, 1.165) is 0 Å². The Hall–Kier alpha value is -1.83. The van der Waals surface area contributed by atoms with Crippen LogP contribution in [0.3, 0.4) is 0 Å². The number of carbonyl (C=O) groups excluding carboxylic acids is 2. The number of aliphatic carboxylic acids is 1. The van der Waals surface area contributed by atoms with Gasteiger partial charge in [0.1, 0.15) is 0 Å². The number of primary amides is 2. The summed E-state index contributed by atoms with van der Waals surface area (Å²) in [4.78, 5) is 29.8. The first-order valence-corrected chi connectivity index (χ1v) is 3.79. The fourth-order valence-electron chi connectivity index (χ4n) is 0. The third-order valence-electron chi connectivity index (χ3n) is 0.804. The van der Waals surface area contributed by atoms with E-state index < -0.39 is 12.0 Å². The number of nitrogens with zero attached hydrogens (tertiary/aromatic N) is 1. The average Bonchev–Trinajstić information content (AvgIpc) is 2.04. The normalized spacial score (nSPS) is 7.20. The molecule has 0 spiro atoms. The molecule has 8 nitrogen and oxygen atoms in total. The number of carboxylic acid groups (broad SMARTS) is 1. The molecule has 8 heteroatoms. The Balaban J connectivity index is -0.000000147. The van der Waals surface area contributed by atoms with Gasteiger partial charge in [-0.15, -0.1) is 0 Å². The molecule has 0 radical (unpaired) electrons. The van der Waals surface area contributed by atoms with Crippen molar-refractivity contribution in [3.8, 4) is 0 Å². The summed E-state index contributed by atoms with van der Waals surface area (Å²) in [7, 11) is 3.45. The second-order valence-corrected chi connectivity index (χ2v) is 2.41. The summed E-state index contributed by atoms with van der Waals surface area (Å²) in [6.07, 6.45) is 0. The summed E-state index contributed by atoms with van der Waals surface area (Å²) in [5.74, 6) is -0.875. The predicted molar refractivity (Wildman–Crippen MR) is 54.8 cm³/mol. The first-order chi connectivity index (χ1) is 6.64. The van der Waals surface area contributed by atoms with E-state index in [9.17, 15) is 9.59 Å². The Morgan fingerprint density at radius 3 is 1.33 bits per heavy atom. The zero-order valence-electron chi connectivity index (χ0n) is 9.06. The maximum absolute atomic E-state index is 10.1. The summed E-state index contributed by atoms with van der Waals surface area (Å²) >= 11 is 0. The number of hydrogen-bond donors (Lipinski definition) is 4. The average molecular weight is 222 g/mol. The number of amides is 3. The minimum atomic E-state index is -0.968. The Kier molecular flexibility index (Phi) is 15.3. The lowest BCUT2D eigenvalue weighted by atomic mass is 10.7. The molecule has 0 saturated heterocycles.